The number of phenolic OH excluding ortho intramolecular Hbond substituents is 1. The molecule has 0 aromatic heterocycles. The second-order valence-electron chi connectivity index (χ2n) is 11.8. The zero-order valence-corrected chi connectivity index (χ0v) is 22.0. The summed E-state index contributed by atoms with van der Waals surface area (Å²) in [5, 5.41) is 13.0. The first-order valence-corrected chi connectivity index (χ1v) is 14.1. The van der Waals surface area contributed by atoms with Gasteiger partial charge in [0.1, 0.15) is 5.75 Å². The average Bonchev–Trinajstić information content (AvgIpc) is 3.21. The van der Waals surface area contributed by atoms with E-state index in [0.29, 0.717) is 28.7 Å². The van der Waals surface area contributed by atoms with E-state index in [1.54, 1.807) is 17.9 Å². The highest BCUT2D eigenvalue weighted by atomic mass is 16.3. The minimum atomic E-state index is -0.654. The third kappa shape index (κ3) is 3.46. The number of imide groups is 1. The van der Waals surface area contributed by atoms with E-state index < -0.39 is 17.8 Å². The summed E-state index contributed by atoms with van der Waals surface area (Å²) in [6.07, 6.45) is 8.97. The van der Waals surface area contributed by atoms with Gasteiger partial charge in [0.15, 0.2) is 11.6 Å². The number of allylic oxidation sites excluding steroid dienone is 6. The molecule has 6 nitrogen and oxygen atoms in total. The lowest BCUT2D eigenvalue weighted by Crippen LogP contribution is -2.43. The second-order valence-corrected chi connectivity index (χ2v) is 11.8. The zero-order chi connectivity index (χ0) is 27.0. The van der Waals surface area contributed by atoms with Gasteiger partial charge in [-0.3, -0.25) is 24.1 Å². The molecule has 4 atom stereocenters. The highest BCUT2D eigenvalue weighted by Crippen LogP contribution is 2.57. The fourth-order valence-corrected chi connectivity index (χ4v) is 8.02. The van der Waals surface area contributed by atoms with Crippen molar-refractivity contribution in [3.63, 3.8) is 0 Å². The number of aromatic hydroxyl groups is 1. The van der Waals surface area contributed by atoms with Crippen LogP contribution in [-0.4, -0.2) is 39.4 Å². The summed E-state index contributed by atoms with van der Waals surface area (Å²) in [5.74, 6) is -2.59. The molecule has 2 amide bonds. The highest BCUT2D eigenvalue weighted by molar-refractivity contribution is 6.24. The van der Waals surface area contributed by atoms with Crippen LogP contribution in [0.3, 0.4) is 0 Å². The summed E-state index contributed by atoms with van der Waals surface area (Å²) in [6, 6.07) is 11.1. The molecule has 7 rings (SSSR count). The molecule has 1 saturated heterocycles. The average molecular weight is 522 g/mol. The summed E-state index contributed by atoms with van der Waals surface area (Å²) in [5.41, 5.74) is 2.68. The summed E-state index contributed by atoms with van der Waals surface area (Å²) >= 11 is 0. The third-order valence-corrected chi connectivity index (χ3v) is 9.77. The van der Waals surface area contributed by atoms with Crippen molar-refractivity contribution in [2.75, 3.05) is 0 Å². The Morgan fingerprint density at radius 3 is 2.46 bits per heavy atom. The number of hydrogen-bond acceptors (Lipinski definition) is 5. The number of benzene rings is 2. The van der Waals surface area contributed by atoms with Crippen molar-refractivity contribution in [3.8, 4) is 5.75 Å². The first-order valence-electron chi connectivity index (χ1n) is 14.1. The van der Waals surface area contributed by atoms with Gasteiger partial charge in [0, 0.05) is 34.2 Å². The van der Waals surface area contributed by atoms with E-state index in [4.69, 9.17) is 0 Å². The van der Waals surface area contributed by atoms with Crippen LogP contribution < -0.4 is 0 Å². The Bertz CT molecular complexity index is 1570. The van der Waals surface area contributed by atoms with Gasteiger partial charge in [-0.05, 0) is 61.4 Å². The van der Waals surface area contributed by atoms with Gasteiger partial charge in [0.2, 0.25) is 11.8 Å². The number of Topliss-reactive ketones (excluding diaryl/α,β-unsaturated/α-hetero) is 1. The van der Waals surface area contributed by atoms with Crippen LogP contribution in [0, 0.1) is 17.8 Å². The first kappa shape index (κ1) is 24.3. The van der Waals surface area contributed by atoms with Crippen LogP contribution in [0.25, 0.3) is 10.8 Å². The lowest BCUT2D eigenvalue weighted by atomic mass is 9.59. The minimum absolute atomic E-state index is 0.0489. The Kier molecular flexibility index (Phi) is 5.51. The Morgan fingerprint density at radius 2 is 1.67 bits per heavy atom. The number of rotatable bonds is 2. The van der Waals surface area contributed by atoms with Crippen molar-refractivity contribution in [1.82, 2.24) is 4.90 Å². The van der Waals surface area contributed by atoms with Crippen LogP contribution in [0.1, 0.15) is 63.4 Å². The SMILES string of the molecule is CC1=CC(=O)C2=C(C[C@@H]3C(=CC[C@@H]4C(=O)N(C5CCCCC5)C(=O)[C@@H]43)[C@@H]2c2c(O)ccc3ccccc23)C1=O. The lowest BCUT2D eigenvalue weighted by Gasteiger charge is -2.42. The minimum Gasteiger partial charge on any atom is -0.508 e. The molecule has 0 unspecified atom stereocenters. The third-order valence-electron chi connectivity index (χ3n) is 9.77. The van der Waals surface area contributed by atoms with E-state index >= 15 is 0 Å². The maximum Gasteiger partial charge on any atom is 0.233 e. The second kappa shape index (κ2) is 8.87. The van der Waals surface area contributed by atoms with Crippen molar-refractivity contribution >= 4 is 34.2 Å². The van der Waals surface area contributed by atoms with E-state index in [1.165, 1.54) is 6.08 Å². The van der Waals surface area contributed by atoms with Crippen molar-refractivity contribution in [2.24, 2.45) is 17.8 Å². The van der Waals surface area contributed by atoms with E-state index in [1.807, 2.05) is 36.4 Å². The maximum atomic E-state index is 14.0. The van der Waals surface area contributed by atoms with Crippen molar-refractivity contribution in [2.45, 2.75) is 63.8 Å². The summed E-state index contributed by atoms with van der Waals surface area (Å²) < 4.78 is 0. The molecule has 1 saturated carbocycles. The number of ketones is 2. The summed E-state index contributed by atoms with van der Waals surface area (Å²) in [7, 11) is 0. The molecule has 2 aromatic rings. The topological polar surface area (TPSA) is 91.8 Å². The molecule has 1 aliphatic heterocycles. The first-order chi connectivity index (χ1) is 18.9. The molecule has 2 fully saturated rings. The van der Waals surface area contributed by atoms with Crippen LogP contribution in [0.5, 0.6) is 5.75 Å². The van der Waals surface area contributed by atoms with Crippen molar-refractivity contribution in [3.05, 3.63) is 76.4 Å². The number of amides is 2. The molecule has 1 N–H and O–H groups in total. The quantitative estimate of drug-likeness (QED) is 0.329. The molecule has 5 aliphatic rings. The smallest absolute Gasteiger partial charge is 0.233 e. The molecule has 2 aromatic carbocycles. The highest BCUT2D eigenvalue weighted by Gasteiger charge is 2.57. The summed E-state index contributed by atoms with van der Waals surface area (Å²) in [4.78, 5) is 56.3. The molecule has 198 valence electrons. The molecule has 1 heterocycles. The van der Waals surface area contributed by atoms with Gasteiger partial charge < -0.3 is 5.11 Å². The zero-order valence-electron chi connectivity index (χ0n) is 22.0. The van der Waals surface area contributed by atoms with Crippen molar-refractivity contribution < 1.29 is 24.3 Å². The van der Waals surface area contributed by atoms with Gasteiger partial charge in [0.25, 0.3) is 0 Å². The van der Waals surface area contributed by atoms with E-state index in [2.05, 4.69) is 0 Å². The van der Waals surface area contributed by atoms with E-state index in [9.17, 15) is 24.3 Å². The maximum absolute atomic E-state index is 14.0. The predicted octanol–water partition coefficient (Wildman–Crippen LogP) is 5.31. The number of phenols is 1. The Hall–Kier alpha value is -3.80. The monoisotopic (exact) mass is 521 g/mol. The molecule has 39 heavy (non-hydrogen) atoms. The molecule has 4 aliphatic carbocycles. The molecule has 0 spiro atoms. The van der Waals surface area contributed by atoms with Crippen molar-refractivity contribution in [1.29, 1.82) is 0 Å². The van der Waals surface area contributed by atoms with E-state index in [0.717, 1.165) is 48.4 Å². The van der Waals surface area contributed by atoms with Gasteiger partial charge in [-0.2, -0.15) is 0 Å². The Balaban J connectivity index is 1.41. The molecule has 6 heteroatoms. The van der Waals surface area contributed by atoms with Gasteiger partial charge in [-0.15, -0.1) is 0 Å². The number of fused-ring (bicyclic) bond motifs is 4. The molecule has 0 radical (unpaired) electrons. The number of carbonyl (C=O) groups excluding carboxylic acids is 4. The van der Waals surface area contributed by atoms with Crippen LogP contribution >= 0.6 is 0 Å². The number of nitrogens with zero attached hydrogens (tertiary/aromatic N) is 1. The normalized spacial score (nSPS) is 29.3. The Morgan fingerprint density at radius 1 is 0.897 bits per heavy atom. The van der Waals surface area contributed by atoms with Gasteiger partial charge in [0.05, 0.1) is 11.8 Å². The van der Waals surface area contributed by atoms with Crippen LogP contribution in [0.15, 0.2) is 70.8 Å². The molecular weight excluding hydrogens is 490 g/mol. The molecule has 0 bridgehead atoms. The van der Waals surface area contributed by atoms with Gasteiger partial charge >= 0.3 is 0 Å². The number of carbonyl (C=O) groups is 4. The van der Waals surface area contributed by atoms with E-state index in [-0.39, 0.29) is 47.5 Å². The van der Waals surface area contributed by atoms with Crippen LogP contribution in [0.2, 0.25) is 0 Å². The standard InChI is InChI=1S/C33H31NO5/c1-17-15-26(36)29-24(31(17)37)16-23-21(30(29)28-20-10-6-5-7-18(20)11-14-25(28)35)12-13-22-27(23)33(39)34(32(22)38)19-8-3-2-4-9-19/h5-7,10-12,14-15,19,22-23,27,30,35H,2-4,8-9,13,16H2,1H3/t22-,23+,27-,30+/m0/s1. The molecular formula is C33H31NO5. The fourth-order valence-electron chi connectivity index (χ4n) is 8.02. The van der Waals surface area contributed by atoms with Crippen LogP contribution in [0.4, 0.5) is 0 Å². The predicted molar refractivity (Wildman–Crippen MR) is 146 cm³/mol. The van der Waals surface area contributed by atoms with Gasteiger partial charge in [-0.25, -0.2) is 0 Å². The Labute approximate surface area is 227 Å². The lowest BCUT2D eigenvalue weighted by molar-refractivity contribution is -0.143. The van der Waals surface area contributed by atoms with Crippen LogP contribution in [-0.2, 0) is 19.2 Å². The summed E-state index contributed by atoms with van der Waals surface area (Å²) in [6.45, 7) is 1.65. The number of likely N-dealkylation sites (tertiary alicyclic amines) is 1. The number of hydrogen-bond donors (Lipinski definition) is 1. The fraction of sp³-hybridized carbons (Fsp3) is 0.394. The largest absolute Gasteiger partial charge is 0.508 e. The van der Waals surface area contributed by atoms with Gasteiger partial charge in [-0.1, -0.05) is 61.2 Å².